The molecule has 6 aromatic carbocycles. The summed E-state index contributed by atoms with van der Waals surface area (Å²) < 4.78 is 37.8. The number of hydrogen-bond acceptors (Lipinski definition) is 11. The predicted octanol–water partition coefficient (Wildman–Crippen LogP) is 14.2. The zero-order valence-electron chi connectivity index (χ0n) is 46.0. The molecule has 0 atom stereocenters. The second-order valence-corrected chi connectivity index (χ2v) is 23.3. The highest BCUT2D eigenvalue weighted by Gasteiger charge is 2.48. The molecule has 2 spiro atoms. The van der Waals surface area contributed by atoms with Crippen LogP contribution in [0.2, 0.25) is 0 Å². The number of carbonyl (C=O) groups is 4. The maximum Gasteiger partial charge on any atom is 0.410 e. The highest BCUT2D eigenvalue weighted by atomic mass is 32.2. The number of likely N-dealkylation sites (tertiary alicyclic amines) is 2. The van der Waals surface area contributed by atoms with E-state index in [2.05, 4.69) is 39.6 Å². The molecule has 424 valence electrons. The second kappa shape index (κ2) is 26.1. The Morgan fingerprint density at radius 3 is 1.51 bits per heavy atom. The molecular formula is C66H62F2N6O7S2. The third-order valence-electron chi connectivity index (χ3n) is 15.5. The van der Waals surface area contributed by atoms with Gasteiger partial charge in [-0.15, -0.1) is 0 Å². The molecule has 17 heteroatoms. The molecule has 3 amide bonds. The van der Waals surface area contributed by atoms with E-state index in [1.165, 1.54) is 53.8 Å². The molecule has 0 aliphatic carbocycles. The smallest absolute Gasteiger partial charge is 0.410 e. The monoisotopic (exact) mass is 1150 g/mol. The van der Waals surface area contributed by atoms with Crippen molar-refractivity contribution in [1.82, 2.24) is 19.8 Å². The van der Waals surface area contributed by atoms with Gasteiger partial charge in [-0.1, -0.05) is 84.2 Å². The Balaban J connectivity index is 0.000000162. The van der Waals surface area contributed by atoms with Crippen molar-refractivity contribution in [2.24, 2.45) is 0 Å². The number of aromatic carboxylic acids is 1. The van der Waals surface area contributed by atoms with Gasteiger partial charge in [0.25, 0.3) is 5.91 Å². The Kier molecular flexibility index (Phi) is 18.2. The van der Waals surface area contributed by atoms with Gasteiger partial charge in [0.2, 0.25) is 0 Å². The van der Waals surface area contributed by atoms with Crippen LogP contribution in [-0.4, -0.2) is 88.2 Å². The van der Waals surface area contributed by atoms with Crippen LogP contribution >= 0.6 is 23.5 Å². The van der Waals surface area contributed by atoms with Gasteiger partial charge in [-0.25, -0.2) is 23.2 Å². The maximum atomic E-state index is 13.8. The number of carboxylic acids is 1. The van der Waals surface area contributed by atoms with Crippen LogP contribution in [0.1, 0.15) is 80.0 Å². The number of aryl methyl sites for hydroxylation is 2. The average Bonchev–Trinajstić information content (AvgIpc) is 3.41. The first-order valence-corrected chi connectivity index (χ1v) is 29.1. The van der Waals surface area contributed by atoms with Gasteiger partial charge in [0.15, 0.2) is 0 Å². The molecule has 8 aromatic rings. The summed E-state index contributed by atoms with van der Waals surface area (Å²) in [6.45, 7) is 8.05. The number of piperidine rings is 2. The van der Waals surface area contributed by atoms with E-state index in [-0.39, 0.29) is 52.7 Å². The highest BCUT2D eigenvalue weighted by Crippen LogP contribution is 2.50. The SMILES string of the molecule is Cc1cc(C(=O)N2CC3(CCN(C(=O)OCc4ccccc4)CC3)c3cc(Sc4ccc(F)cc4)ccc32)ccn1.Cc1cc(C(=O)O)ccn1.O=C(OCc1ccccc1)N1CCC2(CC1)CNc1ccc(Sc3ccc(F)cc3)cc12. The van der Waals surface area contributed by atoms with E-state index in [4.69, 9.17) is 14.6 Å². The summed E-state index contributed by atoms with van der Waals surface area (Å²) in [4.78, 5) is 67.2. The van der Waals surface area contributed by atoms with Gasteiger partial charge in [-0.05, 0) is 171 Å². The summed E-state index contributed by atoms with van der Waals surface area (Å²) in [5, 5.41) is 12.0. The van der Waals surface area contributed by atoms with Crippen molar-refractivity contribution >= 4 is 59.0 Å². The molecule has 12 rings (SSSR count). The zero-order chi connectivity index (χ0) is 57.9. The molecule has 2 aromatic heterocycles. The number of anilines is 2. The third-order valence-corrected chi connectivity index (χ3v) is 17.5. The summed E-state index contributed by atoms with van der Waals surface area (Å²) >= 11 is 3.21. The van der Waals surface area contributed by atoms with Gasteiger partial charge >= 0.3 is 18.2 Å². The van der Waals surface area contributed by atoms with Gasteiger partial charge in [0, 0.05) is 110 Å². The standard InChI is InChI=1S/C33H30FN3O3S.C26H25FN2O2S.C7H7NO2/c1-23-19-25(13-16-35-23)31(38)37-22-33(14-17-36(18-15-33)32(39)40-21-24-5-3-2-4-6-24)29-20-28(11-12-30(29)37)41-27-9-7-26(34)8-10-27;27-20-6-8-21(9-7-20)32-22-10-11-24-23(16-22)26(18-28-24)12-14-29(15-13-26)25(30)31-17-19-4-2-1-3-5-19;1-5-4-6(7(9)10)2-3-8-5/h2-13,16,19-20H,14-15,17-18,21-22H2,1H3;1-11,16,28H,12-15,17-18H2;2-4H,1H3,(H,9,10). The Morgan fingerprint density at radius 2 is 1.01 bits per heavy atom. The predicted molar refractivity (Wildman–Crippen MR) is 317 cm³/mol. The molecule has 83 heavy (non-hydrogen) atoms. The van der Waals surface area contributed by atoms with Crippen LogP contribution in [0, 0.1) is 25.5 Å². The third kappa shape index (κ3) is 14.2. The number of nitrogens with zero attached hydrogens (tertiary/aromatic N) is 5. The van der Waals surface area contributed by atoms with E-state index >= 15 is 0 Å². The summed E-state index contributed by atoms with van der Waals surface area (Å²) in [5.74, 6) is -1.46. The number of rotatable bonds is 10. The quantitative estimate of drug-likeness (QED) is 0.134. The minimum atomic E-state index is -0.912. The number of ether oxygens (including phenoxy) is 2. The van der Waals surface area contributed by atoms with E-state index in [1.807, 2.05) is 95.6 Å². The van der Waals surface area contributed by atoms with E-state index in [1.54, 1.807) is 71.9 Å². The van der Waals surface area contributed by atoms with Gasteiger partial charge in [0.05, 0.1) is 5.56 Å². The number of hydrogen-bond donors (Lipinski definition) is 2. The minimum absolute atomic E-state index is 0.0326. The molecule has 2 fully saturated rings. The Hall–Kier alpha value is -8.54. The first kappa shape index (κ1) is 57.7. The number of amides is 3. The molecule has 4 aliphatic heterocycles. The van der Waals surface area contributed by atoms with Crippen LogP contribution in [0.4, 0.5) is 29.7 Å². The normalized spacial score (nSPS) is 15.2. The number of aromatic nitrogens is 2. The second-order valence-electron chi connectivity index (χ2n) is 21.0. The van der Waals surface area contributed by atoms with Gasteiger partial charge in [-0.3, -0.25) is 14.8 Å². The molecule has 0 saturated carbocycles. The van der Waals surface area contributed by atoms with Crippen molar-refractivity contribution < 1.29 is 42.5 Å². The summed E-state index contributed by atoms with van der Waals surface area (Å²) in [5.41, 5.74) is 8.59. The van der Waals surface area contributed by atoms with Gasteiger partial charge in [0.1, 0.15) is 24.8 Å². The van der Waals surface area contributed by atoms with Crippen LogP contribution in [-0.2, 0) is 33.5 Å². The van der Waals surface area contributed by atoms with Crippen LogP contribution in [0.3, 0.4) is 0 Å². The number of benzene rings is 6. The Labute approximate surface area is 490 Å². The largest absolute Gasteiger partial charge is 0.478 e. The molecule has 2 saturated heterocycles. The van der Waals surface area contributed by atoms with Gasteiger partial charge in [-0.2, -0.15) is 0 Å². The fourth-order valence-corrected chi connectivity index (χ4v) is 12.7. The van der Waals surface area contributed by atoms with Crippen molar-refractivity contribution in [3.05, 3.63) is 239 Å². The number of nitrogens with one attached hydrogen (secondary N) is 1. The number of pyridine rings is 2. The molecular weight excluding hydrogens is 1090 g/mol. The summed E-state index contributed by atoms with van der Waals surface area (Å²) in [7, 11) is 0. The maximum absolute atomic E-state index is 13.8. The molecule has 2 N–H and O–H groups in total. The number of fused-ring (bicyclic) bond motifs is 4. The molecule has 13 nitrogen and oxygen atoms in total. The lowest BCUT2D eigenvalue weighted by atomic mass is 9.74. The fourth-order valence-electron chi connectivity index (χ4n) is 11.0. The summed E-state index contributed by atoms with van der Waals surface area (Å²) in [6, 6.07) is 51.7. The van der Waals surface area contributed by atoms with Crippen molar-refractivity contribution in [1.29, 1.82) is 0 Å². The van der Waals surface area contributed by atoms with Crippen LogP contribution < -0.4 is 10.2 Å². The first-order valence-electron chi connectivity index (χ1n) is 27.4. The first-order chi connectivity index (χ1) is 40.2. The van der Waals surface area contributed by atoms with Crippen LogP contribution in [0.15, 0.2) is 202 Å². The number of carboxylic acid groups (broad SMARTS) is 1. The van der Waals surface area contributed by atoms with Crippen molar-refractivity contribution in [3.8, 4) is 0 Å². The van der Waals surface area contributed by atoms with Crippen molar-refractivity contribution in [2.45, 2.75) is 83.2 Å². The summed E-state index contributed by atoms with van der Waals surface area (Å²) in [6.07, 6.45) is 5.82. The Morgan fingerprint density at radius 1 is 0.554 bits per heavy atom. The average molecular weight is 1150 g/mol. The fraction of sp³-hybridized carbons (Fsp3) is 0.242. The van der Waals surface area contributed by atoms with E-state index < -0.39 is 5.97 Å². The van der Waals surface area contributed by atoms with Crippen LogP contribution in [0.5, 0.6) is 0 Å². The van der Waals surface area contributed by atoms with E-state index in [9.17, 15) is 28.0 Å². The topological polar surface area (TPSA) is 154 Å². The lowest BCUT2D eigenvalue weighted by molar-refractivity contribution is 0.0695. The molecule has 0 bridgehead atoms. The number of halogens is 2. The van der Waals surface area contributed by atoms with Crippen molar-refractivity contribution in [3.63, 3.8) is 0 Å². The lowest BCUT2D eigenvalue weighted by Gasteiger charge is -2.39. The Bertz CT molecular complexity index is 3580. The van der Waals surface area contributed by atoms with Crippen LogP contribution in [0.25, 0.3) is 0 Å². The van der Waals surface area contributed by atoms with Gasteiger partial charge < -0.3 is 34.6 Å². The molecule has 4 aliphatic rings. The van der Waals surface area contributed by atoms with E-state index in [0.717, 1.165) is 72.7 Å². The highest BCUT2D eigenvalue weighted by molar-refractivity contribution is 7.99. The number of carbonyl (C=O) groups excluding carboxylic acids is 3. The van der Waals surface area contributed by atoms with E-state index in [0.29, 0.717) is 57.7 Å². The molecule has 6 heterocycles. The van der Waals surface area contributed by atoms with Crippen molar-refractivity contribution in [2.75, 3.05) is 49.5 Å². The lowest BCUT2D eigenvalue weighted by Crippen LogP contribution is -2.48. The molecule has 0 radical (unpaired) electrons. The minimum Gasteiger partial charge on any atom is -0.478 e. The zero-order valence-corrected chi connectivity index (χ0v) is 47.6. The molecule has 0 unspecified atom stereocenters.